The van der Waals surface area contributed by atoms with Crippen LogP contribution in [-0.4, -0.2) is 58.6 Å². The molecule has 0 saturated heterocycles. The molecule has 1 aromatic heterocycles. The molecule has 240 valence electrons. The summed E-state index contributed by atoms with van der Waals surface area (Å²) in [6.45, 7) is 14.4. The second-order valence-electron chi connectivity index (χ2n) is 15.0. The lowest BCUT2D eigenvalue weighted by Gasteiger charge is -2.34. The van der Waals surface area contributed by atoms with Crippen molar-refractivity contribution in [2.75, 3.05) is 11.3 Å². The second-order valence-corrected chi connectivity index (χ2v) is 16.6. The molecule has 10 heteroatoms. The molecule has 0 radical (unpaired) electrons. The maximum Gasteiger partial charge on any atom is 0.264 e. The molecular weight excluding hydrogens is 588 g/mol. The largest absolute Gasteiger partial charge is 0.475 e. The van der Waals surface area contributed by atoms with Gasteiger partial charge in [-0.1, -0.05) is 45.0 Å². The summed E-state index contributed by atoms with van der Waals surface area (Å²) in [6.07, 6.45) is 3.18. The number of carbonyl (C=O) groups is 1. The summed E-state index contributed by atoms with van der Waals surface area (Å²) < 4.78 is 36.2. The summed E-state index contributed by atoms with van der Waals surface area (Å²) in [4.78, 5) is 25.5. The van der Waals surface area contributed by atoms with Crippen LogP contribution in [0, 0.1) is 30.6 Å². The van der Waals surface area contributed by atoms with E-state index >= 15 is 0 Å². The fourth-order valence-corrected chi connectivity index (χ4v) is 8.20. The zero-order chi connectivity index (χ0) is 32.5. The normalized spacial score (nSPS) is 25.8. The lowest BCUT2D eigenvalue weighted by atomic mass is 9.88. The van der Waals surface area contributed by atoms with Gasteiger partial charge in [-0.25, -0.2) is 18.1 Å². The molecule has 2 aliphatic carbocycles. The van der Waals surface area contributed by atoms with Crippen LogP contribution in [0.4, 0.5) is 5.95 Å². The van der Waals surface area contributed by atoms with Gasteiger partial charge in [0.15, 0.2) is 0 Å². The van der Waals surface area contributed by atoms with Gasteiger partial charge in [0.25, 0.3) is 15.9 Å². The molecule has 4 atom stereocenters. The zero-order valence-corrected chi connectivity index (χ0v) is 28.0. The summed E-state index contributed by atoms with van der Waals surface area (Å²) in [5.74, 6) is -0.00922. The number of aromatic nitrogens is 2. The van der Waals surface area contributed by atoms with E-state index in [-0.39, 0.29) is 58.1 Å². The third kappa shape index (κ3) is 6.19. The van der Waals surface area contributed by atoms with E-state index in [9.17, 15) is 18.3 Å². The Morgan fingerprint density at radius 2 is 1.71 bits per heavy atom. The summed E-state index contributed by atoms with van der Waals surface area (Å²) >= 11 is 0. The molecular formula is C35H44N4O5S. The predicted molar refractivity (Wildman–Crippen MR) is 174 cm³/mol. The summed E-state index contributed by atoms with van der Waals surface area (Å²) in [5, 5.41) is 10.9. The third-order valence-corrected chi connectivity index (χ3v) is 11.0. The van der Waals surface area contributed by atoms with Crippen LogP contribution >= 0.6 is 0 Å². The number of hydrogen-bond donors (Lipinski definition) is 2. The van der Waals surface area contributed by atoms with E-state index in [0.29, 0.717) is 17.7 Å². The van der Waals surface area contributed by atoms with Gasteiger partial charge in [-0.2, -0.15) is 4.98 Å². The molecule has 6 rings (SSSR count). The van der Waals surface area contributed by atoms with Crippen LogP contribution in [0.5, 0.6) is 5.88 Å². The Morgan fingerprint density at radius 1 is 1.02 bits per heavy atom. The Bertz CT molecular complexity index is 1740. The summed E-state index contributed by atoms with van der Waals surface area (Å²) in [6, 6.07) is 13.5. The topological polar surface area (TPSA) is 122 Å². The first-order chi connectivity index (χ1) is 21.0. The first-order valence-electron chi connectivity index (χ1n) is 15.7. The number of aliphatic hydroxyl groups is 1. The van der Waals surface area contributed by atoms with Crippen LogP contribution in [-0.2, 0) is 10.0 Å². The Kier molecular flexibility index (Phi) is 7.55. The van der Waals surface area contributed by atoms with Gasteiger partial charge < -0.3 is 14.7 Å². The number of aryl methyl sites for hydroxylation is 2. The van der Waals surface area contributed by atoms with Crippen molar-refractivity contribution in [1.82, 2.24) is 14.9 Å². The lowest BCUT2D eigenvalue weighted by Crippen LogP contribution is -2.47. The van der Waals surface area contributed by atoms with Crippen LogP contribution in [0.15, 0.2) is 53.4 Å². The highest BCUT2D eigenvalue weighted by molar-refractivity contribution is 7.92. The average Bonchev–Trinajstić information content (AvgIpc) is 3.85. The van der Waals surface area contributed by atoms with Crippen LogP contribution in [0.1, 0.15) is 81.8 Å². The number of nitrogens with one attached hydrogen (secondary N) is 1. The SMILES string of the molecule is Cc1cccc(C)c1-c1cc2nc(n1)NS(=O)(=O)c1cccc(c1)C(=O)N([C@H]1C[C@]13CC3C(C)(C)O)[C@H](CCC(C)(C)C)CO2. The van der Waals surface area contributed by atoms with Crippen LogP contribution in [0.2, 0.25) is 0 Å². The first kappa shape index (κ1) is 31.5. The van der Waals surface area contributed by atoms with E-state index in [0.717, 1.165) is 36.0 Å². The number of benzene rings is 2. The number of fused-ring (bicyclic) bond motifs is 4. The van der Waals surface area contributed by atoms with Gasteiger partial charge in [-0.05, 0) is 99.5 Å². The van der Waals surface area contributed by atoms with E-state index in [1.807, 2.05) is 50.8 Å². The molecule has 2 aromatic carbocycles. The van der Waals surface area contributed by atoms with Gasteiger partial charge in [-0.3, -0.25) is 4.79 Å². The maximum absolute atomic E-state index is 14.5. The van der Waals surface area contributed by atoms with E-state index in [1.165, 1.54) is 12.1 Å². The monoisotopic (exact) mass is 632 g/mol. The molecule has 9 nitrogen and oxygen atoms in total. The first-order valence-corrected chi connectivity index (χ1v) is 17.2. The molecule has 1 unspecified atom stereocenters. The summed E-state index contributed by atoms with van der Waals surface area (Å²) in [5.41, 5.74) is 2.73. The van der Waals surface area contributed by atoms with Gasteiger partial charge in [0.1, 0.15) is 6.61 Å². The highest BCUT2D eigenvalue weighted by atomic mass is 32.2. The lowest BCUT2D eigenvalue weighted by molar-refractivity contribution is 0.0390. The van der Waals surface area contributed by atoms with Crippen molar-refractivity contribution in [1.29, 1.82) is 0 Å². The number of sulfonamides is 1. The zero-order valence-electron chi connectivity index (χ0n) is 27.2. The van der Waals surface area contributed by atoms with Crippen molar-refractivity contribution in [3.63, 3.8) is 0 Å². The number of rotatable bonds is 5. The van der Waals surface area contributed by atoms with E-state index < -0.39 is 15.6 Å². The Balaban J connectivity index is 1.48. The standard InChI is InChI=1S/C35H44N4O5S/c1-21-10-8-11-22(2)30(21)26-17-29-37-32(36-26)38-45(42,43)25-13-9-12-23(16-25)31(40)39(24(20-44-29)14-15-33(3,4)5)28-19-35(28)18-27(35)34(6,7)41/h8-13,16-17,24,27-28,41H,14-15,18-20H2,1-7H3,(H,36,37,38)/t24-,27?,28+,35+/m1/s1. The minimum atomic E-state index is -4.14. The fraction of sp³-hybridized carbons (Fsp3) is 0.514. The summed E-state index contributed by atoms with van der Waals surface area (Å²) in [7, 11) is -4.14. The van der Waals surface area contributed by atoms with Gasteiger partial charge in [0, 0.05) is 23.2 Å². The molecule has 1 spiro atoms. The average molecular weight is 633 g/mol. The molecule has 2 saturated carbocycles. The number of ether oxygens (including phenoxy) is 1. The molecule has 3 aromatic rings. The molecule has 1 amide bonds. The van der Waals surface area contributed by atoms with Gasteiger partial charge in [0.05, 0.1) is 22.2 Å². The number of carbonyl (C=O) groups excluding carboxylic acids is 1. The highest BCUT2D eigenvalue weighted by Gasteiger charge is 2.76. The van der Waals surface area contributed by atoms with E-state index in [4.69, 9.17) is 4.74 Å². The number of nitrogens with zero attached hydrogens (tertiary/aromatic N) is 3. The molecule has 4 bridgehead atoms. The van der Waals surface area contributed by atoms with Crippen molar-refractivity contribution < 1.29 is 23.1 Å². The predicted octanol–water partition coefficient (Wildman–Crippen LogP) is 6.14. The van der Waals surface area contributed by atoms with Crippen LogP contribution in [0.25, 0.3) is 11.3 Å². The molecule has 2 fully saturated rings. The Morgan fingerprint density at radius 3 is 2.36 bits per heavy atom. The fourth-order valence-electron chi connectivity index (χ4n) is 7.21. The molecule has 45 heavy (non-hydrogen) atoms. The van der Waals surface area contributed by atoms with Gasteiger partial charge in [-0.15, -0.1) is 0 Å². The van der Waals surface area contributed by atoms with Crippen molar-refractivity contribution in [2.24, 2.45) is 16.7 Å². The molecule has 2 N–H and O–H groups in total. The minimum absolute atomic E-state index is 0.0157. The van der Waals surface area contributed by atoms with E-state index in [1.54, 1.807) is 18.2 Å². The molecule has 1 aliphatic heterocycles. The Hall–Kier alpha value is -3.50. The van der Waals surface area contributed by atoms with Crippen LogP contribution in [0.3, 0.4) is 0 Å². The van der Waals surface area contributed by atoms with Gasteiger partial charge >= 0.3 is 0 Å². The number of anilines is 1. The second kappa shape index (κ2) is 10.8. The molecule has 2 heterocycles. The van der Waals surface area contributed by atoms with Crippen molar-refractivity contribution >= 4 is 21.9 Å². The quantitative estimate of drug-likeness (QED) is 0.347. The third-order valence-electron chi connectivity index (χ3n) is 9.72. The van der Waals surface area contributed by atoms with Crippen molar-refractivity contribution in [3.8, 4) is 17.1 Å². The van der Waals surface area contributed by atoms with E-state index in [2.05, 4.69) is 35.5 Å². The van der Waals surface area contributed by atoms with Crippen molar-refractivity contribution in [2.45, 2.75) is 96.7 Å². The number of hydrogen-bond acceptors (Lipinski definition) is 7. The molecule has 3 aliphatic rings. The van der Waals surface area contributed by atoms with Crippen molar-refractivity contribution in [3.05, 3.63) is 65.2 Å². The van der Waals surface area contributed by atoms with Crippen LogP contribution < -0.4 is 9.46 Å². The van der Waals surface area contributed by atoms with Gasteiger partial charge in [0.2, 0.25) is 11.8 Å². The Labute approximate surface area is 266 Å². The maximum atomic E-state index is 14.5. The minimum Gasteiger partial charge on any atom is -0.475 e. The smallest absolute Gasteiger partial charge is 0.264 e. The number of amides is 1. The highest BCUT2D eigenvalue weighted by Crippen LogP contribution is 2.75.